The van der Waals surface area contributed by atoms with E-state index in [2.05, 4.69) is 6.07 Å². The largest absolute Gasteiger partial charge is 0.281 e. The van der Waals surface area contributed by atoms with Gasteiger partial charge < -0.3 is 0 Å². The van der Waals surface area contributed by atoms with Gasteiger partial charge in [0, 0.05) is 26.2 Å². The lowest BCUT2D eigenvalue weighted by Crippen LogP contribution is -2.53. The molecule has 2 aromatic carbocycles. The number of halogens is 1. The van der Waals surface area contributed by atoms with E-state index >= 15 is 0 Å². The molecule has 7 heteroatoms. The first-order valence-corrected chi connectivity index (χ1v) is 9.80. The van der Waals surface area contributed by atoms with Gasteiger partial charge in [0.05, 0.1) is 6.07 Å². The number of hydrogen-bond acceptors (Lipinski definition) is 4. The van der Waals surface area contributed by atoms with Crippen LogP contribution in [0.2, 0.25) is 0 Å². The van der Waals surface area contributed by atoms with Crippen LogP contribution in [0.3, 0.4) is 0 Å². The summed E-state index contributed by atoms with van der Waals surface area (Å²) in [5.74, 6) is -0.759. The van der Waals surface area contributed by atoms with Crippen LogP contribution in [0.15, 0.2) is 53.4 Å². The van der Waals surface area contributed by atoms with Crippen molar-refractivity contribution in [3.05, 3.63) is 65.5 Å². The third-order valence-corrected chi connectivity index (χ3v) is 6.64. The standard InChI is InChI=1S/C19H20FN3O2S/c1-15-6-5-9-18(20)19(15)26(24,25)23-11-10-22(17(12-21)14-23)13-16-7-3-2-4-8-16/h2-9,17H,10-11,13-14H2,1H3. The average Bonchev–Trinajstić information content (AvgIpc) is 2.62. The Labute approximate surface area is 153 Å². The minimum atomic E-state index is -3.98. The van der Waals surface area contributed by atoms with Crippen molar-refractivity contribution in [2.24, 2.45) is 0 Å². The second-order valence-electron chi connectivity index (χ2n) is 6.35. The van der Waals surface area contributed by atoms with E-state index in [-0.39, 0.29) is 18.0 Å². The normalized spacial score (nSPS) is 19.2. The van der Waals surface area contributed by atoms with Crippen molar-refractivity contribution in [1.82, 2.24) is 9.21 Å². The molecule has 0 aromatic heterocycles. The highest BCUT2D eigenvalue weighted by Crippen LogP contribution is 2.25. The molecule has 1 fully saturated rings. The van der Waals surface area contributed by atoms with Crippen molar-refractivity contribution < 1.29 is 12.8 Å². The maximum Gasteiger partial charge on any atom is 0.246 e. The van der Waals surface area contributed by atoms with Gasteiger partial charge in [-0.2, -0.15) is 9.57 Å². The van der Waals surface area contributed by atoms with Gasteiger partial charge in [-0.25, -0.2) is 12.8 Å². The summed E-state index contributed by atoms with van der Waals surface area (Å²) in [7, 11) is -3.98. The van der Waals surface area contributed by atoms with Crippen molar-refractivity contribution in [2.45, 2.75) is 24.4 Å². The predicted octanol–water partition coefficient (Wildman–Crippen LogP) is 2.53. The van der Waals surface area contributed by atoms with Crippen LogP contribution in [-0.2, 0) is 16.6 Å². The number of aryl methyl sites for hydroxylation is 1. The number of hydrogen-bond donors (Lipinski definition) is 0. The first-order valence-electron chi connectivity index (χ1n) is 8.36. The molecule has 1 aliphatic rings. The Hall–Kier alpha value is -2.27. The second-order valence-corrected chi connectivity index (χ2v) is 8.22. The van der Waals surface area contributed by atoms with Gasteiger partial charge in [-0.3, -0.25) is 4.90 Å². The Balaban J connectivity index is 1.81. The van der Waals surface area contributed by atoms with Gasteiger partial charge in [0.2, 0.25) is 10.0 Å². The number of benzene rings is 2. The third-order valence-electron chi connectivity index (χ3n) is 4.59. The smallest absolute Gasteiger partial charge is 0.246 e. The topological polar surface area (TPSA) is 64.4 Å². The van der Waals surface area contributed by atoms with E-state index in [1.54, 1.807) is 13.0 Å². The molecule has 1 heterocycles. The fourth-order valence-corrected chi connectivity index (χ4v) is 4.92. The van der Waals surface area contributed by atoms with Crippen LogP contribution >= 0.6 is 0 Å². The molecule has 0 N–H and O–H groups in total. The van der Waals surface area contributed by atoms with E-state index in [9.17, 15) is 18.1 Å². The summed E-state index contributed by atoms with van der Waals surface area (Å²) in [4.78, 5) is 1.66. The highest BCUT2D eigenvalue weighted by molar-refractivity contribution is 7.89. The summed E-state index contributed by atoms with van der Waals surface area (Å²) in [6.45, 7) is 2.81. The van der Waals surface area contributed by atoms with Crippen LogP contribution in [0.5, 0.6) is 0 Å². The van der Waals surface area contributed by atoms with Gasteiger partial charge in [-0.05, 0) is 24.1 Å². The molecule has 1 saturated heterocycles. The molecule has 0 saturated carbocycles. The summed E-state index contributed by atoms with van der Waals surface area (Å²) < 4.78 is 41.2. The van der Waals surface area contributed by atoms with Crippen molar-refractivity contribution in [1.29, 1.82) is 5.26 Å². The zero-order valence-corrected chi connectivity index (χ0v) is 15.3. The number of rotatable bonds is 4. The second kappa shape index (κ2) is 7.54. The Bertz CT molecular complexity index is 905. The summed E-state index contributed by atoms with van der Waals surface area (Å²) in [5.41, 5.74) is 1.43. The van der Waals surface area contributed by atoms with Crippen molar-refractivity contribution in [2.75, 3.05) is 19.6 Å². The van der Waals surface area contributed by atoms with E-state index in [0.29, 0.717) is 18.7 Å². The molecule has 26 heavy (non-hydrogen) atoms. The first kappa shape index (κ1) is 18.5. The molecule has 0 radical (unpaired) electrons. The van der Waals surface area contributed by atoms with Crippen LogP contribution in [0, 0.1) is 24.1 Å². The van der Waals surface area contributed by atoms with Crippen LogP contribution in [0.25, 0.3) is 0 Å². The molecule has 136 valence electrons. The minimum absolute atomic E-state index is 0.0272. The number of sulfonamides is 1. The minimum Gasteiger partial charge on any atom is -0.281 e. The number of piperazine rings is 1. The third kappa shape index (κ3) is 3.63. The first-order chi connectivity index (χ1) is 12.4. The maximum atomic E-state index is 14.2. The molecular formula is C19H20FN3O2S. The van der Waals surface area contributed by atoms with Crippen molar-refractivity contribution in [3.8, 4) is 6.07 Å². The average molecular weight is 373 g/mol. The molecule has 0 amide bonds. The molecular weight excluding hydrogens is 353 g/mol. The molecule has 1 unspecified atom stereocenters. The van der Waals surface area contributed by atoms with Crippen LogP contribution in [0.1, 0.15) is 11.1 Å². The molecule has 5 nitrogen and oxygen atoms in total. The van der Waals surface area contributed by atoms with Gasteiger partial charge in [0.1, 0.15) is 16.8 Å². The lowest BCUT2D eigenvalue weighted by Gasteiger charge is -2.37. The number of nitriles is 1. The van der Waals surface area contributed by atoms with Gasteiger partial charge >= 0.3 is 0 Å². The zero-order valence-electron chi connectivity index (χ0n) is 14.5. The molecule has 3 rings (SSSR count). The van der Waals surface area contributed by atoms with E-state index in [4.69, 9.17) is 0 Å². The van der Waals surface area contributed by atoms with Crippen LogP contribution < -0.4 is 0 Å². The Morgan fingerprint density at radius 2 is 1.88 bits per heavy atom. The van der Waals surface area contributed by atoms with Crippen LogP contribution in [0.4, 0.5) is 4.39 Å². The molecule has 1 atom stereocenters. The van der Waals surface area contributed by atoms with E-state index < -0.39 is 21.9 Å². The Morgan fingerprint density at radius 3 is 2.54 bits per heavy atom. The zero-order chi connectivity index (χ0) is 18.7. The SMILES string of the molecule is Cc1cccc(F)c1S(=O)(=O)N1CCN(Cc2ccccc2)C(C#N)C1. The van der Waals surface area contributed by atoms with Crippen molar-refractivity contribution >= 4 is 10.0 Å². The molecule has 2 aromatic rings. The maximum absolute atomic E-state index is 14.2. The van der Waals surface area contributed by atoms with Crippen LogP contribution in [-0.4, -0.2) is 43.3 Å². The summed E-state index contributed by atoms with van der Waals surface area (Å²) in [6.07, 6.45) is 0. The number of nitrogens with zero attached hydrogens (tertiary/aromatic N) is 3. The summed E-state index contributed by atoms with van der Waals surface area (Å²) >= 11 is 0. The van der Waals surface area contributed by atoms with E-state index in [0.717, 1.165) is 11.6 Å². The fraction of sp³-hybridized carbons (Fsp3) is 0.316. The Morgan fingerprint density at radius 1 is 1.15 bits per heavy atom. The highest BCUT2D eigenvalue weighted by atomic mass is 32.2. The lowest BCUT2D eigenvalue weighted by molar-refractivity contribution is 0.142. The van der Waals surface area contributed by atoms with E-state index in [1.165, 1.54) is 10.4 Å². The molecule has 0 aliphatic carbocycles. The lowest BCUT2D eigenvalue weighted by atomic mass is 10.1. The highest BCUT2D eigenvalue weighted by Gasteiger charge is 2.36. The summed E-state index contributed by atoms with van der Waals surface area (Å²) in [6, 6.07) is 15.5. The fourth-order valence-electron chi connectivity index (χ4n) is 3.22. The quantitative estimate of drug-likeness (QED) is 0.826. The molecule has 0 spiro atoms. The van der Waals surface area contributed by atoms with Gasteiger partial charge in [0.25, 0.3) is 0 Å². The van der Waals surface area contributed by atoms with Gasteiger partial charge in [-0.1, -0.05) is 42.5 Å². The predicted molar refractivity (Wildman–Crippen MR) is 96.1 cm³/mol. The van der Waals surface area contributed by atoms with Gasteiger partial charge in [0.15, 0.2) is 0 Å². The molecule has 0 bridgehead atoms. The van der Waals surface area contributed by atoms with Crippen molar-refractivity contribution in [3.63, 3.8) is 0 Å². The Kier molecular flexibility index (Phi) is 5.37. The monoisotopic (exact) mass is 373 g/mol. The summed E-state index contributed by atoms with van der Waals surface area (Å²) in [5, 5.41) is 9.52. The van der Waals surface area contributed by atoms with E-state index in [1.807, 2.05) is 35.2 Å². The molecule has 1 aliphatic heterocycles. The van der Waals surface area contributed by atoms with Gasteiger partial charge in [-0.15, -0.1) is 0 Å².